The van der Waals surface area contributed by atoms with Crippen LogP contribution in [0.15, 0.2) is 12.1 Å². The molecular weight excluding hydrogens is 554 g/mol. The summed E-state index contributed by atoms with van der Waals surface area (Å²) >= 11 is 0. The van der Waals surface area contributed by atoms with Gasteiger partial charge in [0.1, 0.15) is 0 Å². The van der Waals surface area contributed by atoms with Crippen LogP contribution < -0.4 is 10.1 Å². The van der Waals surface area contributed by atoms with E-state index < -0.39 is 24.3 Å². The van der Waals surface area contributed by atoms with Crippen LogP contribution in [0.2, 0.25) is 0 Å². The van der Waals surface area contributed by atoms with E-state index >= 15 is 0 Å². The molecule has 3 N–H and O–H groups in total. The van der Waals surface area contributed by atoms with Gasteiger partial charge in [-0.25, -0.2) is 14.3 Å². The fourth-order valence-corrected chi connectivity index (χ4v) is 3.73. The zero-order valence-corrected chi connectivity index (χ0v) is 22.1. The molecule has 1 amide bonds. The van der Waals surface area contributed by atoms with E-state index in [-0.39, 0.29) is 12.0 Å². The summed E-state index contributed by atoms with van der Waals surface area (Å²) in [6.07, 6.45) is -1.40. The van der Waals surface area contributed by atoms with Crippen LogP contribution in [0.5, 0.6) is 5.88 Å². The van der Waals surface area contributed by atoms with Crippen LogP contribution in [0.25, 0.3) is 11.0 Å². The number of amides is 1. The molecule has 40 heavy (non-hydrogen) atoms. The quantitative estimate of drug-likeness (QED) is 0.350. The fraction of sp³-hybridized carbons (Fsp3) is 0.625. The van der Waals surface area contributed by atoms with E-state index in [1.807, 2.05) is 19.2 Å². The second kappa shape index (κ2) is 15.3. The molecule has 16 heteroatoms. The van der Waals surface area contributed by atoms with Gasteiger partial charge in [0.15, 0.2) is 11.5 Å². The maximum atomic E-state index is 12.4. The van der Waals surface area contributed by atoms with Crippen LogP contribution in [-0.2, 0) is 21.4 Å². The molecule has 0 saturated heterocycles. The number of hydrogen-bond donors (Lipinski definition) is 3. The highest BCUT2D eigenvalue weighted by Crippen LogP contribution is 2.28. The van der Waals surface area contributed by atoms with E-state index in [4.69, 9.17) is 24.5 Å². The first-order valence-electron chi connectivity index (χ1n) is 12.4. The highest BCUT2D eigenvalue weighted by molar-refractivity contribution is 5.99. The van der Waals surface area contributed by atoms with Crippen molar-refractivity contribution >= 4 is 34.7 Å². The Labute approximate surface area is 225 Å². The summed E-state index contributed by atoms with van der Waals surface area (Å²) < 4.78 is 71.1. The average Bonchev–Trinajstić information content (AvgIpc) is 3.16. The van der Waals surface area contributed by atoms with Crippen molar-refractivity contribution in [1.29, 1.82) is 0 Å². The molecule has 0 aromatic carbocycles. The van der Waals surface area contributed by atoms with Crippen LogP contribution in [0.4, 0.5) is 32.2 Å². The molecule has 0 aliphatic heterocycles. The van der Waals surface area contributed by atoms with Gasteiger partial charge in [0, 0.05) is 19.5 Å². The minimum absolute atomic E-state index is 0.0502. The van der Waals surface area contributed by atoms with E-state index in [1.165, 1.54) is 19.3 Å². The van der Waals surface area contributed by atoms with Crippen LogP contribution in [-0.4, -0.2) is 61.3 Å². The zero-order valence-electron chi connectivity index (χ0n) is 22.1. The molecule has 226 valence electrons. The Balaban J connectivity index is 0.000000473. The third-order valence-corrected chi connectivity index (χ3v) is 5.80. The number of carbonyl (C=O) groups excluding carboxylic acids is 1. The maximum absolute atomic E-state index is 12.4. The Morgan fingerprint density at radius 1 is 1.00 bits per heavy atom. The number of halogens is 6. The third-order valence-electron chi connectivity index (χ3n) is 5.80. The van der Waals surface area contributed by atoms with Crippen LogP contribution in [0.1, 0.15) is 65.2 Å². The molecule has 3 rings (SSSR count). The second-order valence-corrected chi connectivity index (χ2v) is 8.91. The van der Waals surface area contributed by atoms with Crippen molar-refractivity contribution < 1.29 is 55.7 Å². The Hall–Kier alpha value is -3.59. The van der Waals surface area contributed by atoms with Gasteiger partial charge in [0.05, 0.1) is 11.5 Å². The van der Waals surface area contributed by atoms with Gasteiger partial charge in [-0.15, -0.1) is 0 Å². The number of aryl methyl sites for hydroxylation is 1. The summed E-state index contributed by atoms with van der Waals surface area (Å²) in [4.78, 5) is 34.8. The minimum Gasteiger partial charge on any atom is -0.475 e. The van der Waals surface area contributed by atoms with Gasteiger partial charge in [0.2, 0.25) is 11.8 Å². The van der Waals surface area contributed by atoms with Crippen molar-refractivity contribution in [2.24, 2.45) is 13.0 Å². The lowest BCUT2D eigenvalue weighted by atomic mass is 9.87. The molecule has 1 aliphatic rings. The lowest BCUT2D eigenvalue weighted by molar-refractivity contribution is -0.193. The fourth-order valence-electron chi connectivity index (χ4n) is 3.73. The molecule has 0 unspecified atom stereocenters. The maximum Gasteiger partial charge on any atom is 0.490 e. The molecule has 10 nitrogen and oxygen atoms in total. The largest absolute Gasteiger partial charge is 0.490 e. The van der Waals surface area contributed by atoms with Gasteiger partial charge in [-0.05, 0) is 37.7 Å². The van der Waals surface area contributed by atoms with Crippen LogP contribution in [0.3, 0.4) is 0 Å². The number of carbonyl (C=O) groups is 3. The van der Waals surface area contributed by atoms with Gasteiger partial charge in [-0.2, -0.15) is 36.4 Å². The molecule has 0 spiro atoms. The molecule has 0 atom stereocenters. The molecular formula is C24H32F6N4O6. The predicted octanol–water partition coefficient (Wildman–Crippen LogP) is 5.71. The van der Waals surface area contributed by atoms with Gasteiger partial charge >= 0.3 is 24.3 Å². The number of aromatic nitrogens is 3. The van der Waals surface area contributed by atoms with Gasteiger partial charge in [-0.3, -0.25) is 4.79 Å². The SMILES string of the molecule is CCC(CC)Oc1ccc2c(NC(=O)CC3CCCCC3)nn(C)c2n1.O=C(O)C(F)(F)F.O=C(O)C(F)(F)F. The summed E-state index contributed by atoms with van der Waals surface area (Å²) in [6.45, 7) is 4.22. The number of nitrogens with zero attached hydrogens (tertiary/aromatic N) is 3. The predicted molar refractivity (Wildman–Crippen MR) is 131 cm³/mol. The molecule has 2 heterocycles. The van der Waals surface area contributed by atoms with E-state index in [0.29, 0.717) is 24.0 Å². The summed E-state index contributed by atoms with van der Waals surface area (Å²) in [5.41, 5.74) is 0.724. The molecule has 1 aliphatic carbocycles. The number of carboxylic acids is 2. The normalized spacial score (nSPS) is 14.1. The zero-order chi connectivity index (χ0) is 30.7. The number of nitrogens with one attached hydrogen (secondary N) is 1. The van der Waals surface area contributed by atoms with E-state index in [1.54, 1.807) is 4.68 Å². The van der Waals surface area contributed by atoms with Crippen molar-refractivity contribution in [2.45, 2.75) is 83.7 Å². The number of hydrogen-bond acceptors (Lipinski definition) is 6. The van der Waals surface area contributed by atoms with Crippen molar-refractivity contribution in [3.05, 3.63) is 12.1 Å². The summed E-state index contributed by atoms with van der Waals surface area (Å²) in [6, 6.07) is 3.79. The number of rotatable bonds is 7. The Morgan fingerprint density at radius 3 is 1.95 bits per heavy atom. The number of carboxylic acid groups (broad SMARTS) is 2. The van der Waals surface area contributed by atoms with E-state index in [9.17, 15) is 31.1 Å². The monoisotopic (exact) mass is 586 g/mol. The number of pyridine rings is 1. The summed E-state index contributed by atoms with van der Waals surface area (Å²) in [5, 5.41) is 22.5. The highest BCUT2D eigenvalue weighted by Gasteiger charge is 2.38. The smallest absolute Gasteiger partial charge is 0.475 e. The van der Waals surface area contributed by atoms with Gasteiger partial charge in [-0.1, -0.05) is 33.1 Å². The average molecular weight is 587 g/mol. The molecule has 1 saturated carbocycles. The van der Waals surface area contributed by atoms with Crippen molar-refractivity contribution in [2.75, 3.05) is 5.32 Å². The lowest BCUT2D eigenvalue weighted by Gasteiger charge is -2.20. The van der Waals surface area contributed by atoms with Crippen molar-refractivity contribution in [1.82, 2.24) is 14.8 Å². The standard InChI is InChI=1S/C20H30N4O2.2C2HF3O2/c1-4-15(5-2)26-18-12-11-16-19(23-24(3)20(16)22-18)21-17(25)13-14-9-7-6-8-10-14;2*3-2(4,5)1(6)7/h11-12,14-15H,4-10,13H2,1-3H3,(H,21,23,25);2*(H,6,7). The topological polar surface area (TPSA) is 144 Å². The molecule has 0 bridgehead atoms. The third kappa shape index (κ3) is 11.7. The van der Waals surface area contributed by atoms with Crippen molar-refractivity contribution in [3.8, 4) is 5.88 Å². The van der Waals surface area contributed by atoms with Gasteiger partial charge < -0.3 is 20.3 Å². The molecule has 1 fully saturated rings. The molecule has 0 radical (unpaired) electrons. The Bertz CT molecular complexity index is 1100. The number of alkyl halides is 6. The second-order valence-electron chi connectivity index (χ2n) is 8.91. The number of anilines is 1. The van der Waals surface area contributed by atoms with Crippen LogP contribution >= 0.6 is 0 Å². The highest BCUT2D eigenvalue weighted by atomic mass is 19.4. The number of ether oxygens (including phenoxy) is 1. The van der Waals surface area contributed by atoms with Crippen LogP contribution in [0, 0.1) is 5.92 Å². The first-order chi connectivity index (χ1) is 18.5. The first-order valence-corrected chi connectivity index (χ1v) is 12.4. The van der Waals surface area contributed by atoms with Gasteiger partial charge in [0.25, 0.3) is 0 Å². The Kier molecular flexibility index (Phi) is 13.1. The summed E-state index contributed by atoms with van der Waals surface area (Å²) in [5.74, 6) is -3.76. The van der Waals surface area contributed by atoms with E-state index in [2.05, 4.69) is 29.2 Å². The minimum atomic E-state index is -5.08. The summed E-state index contributed by atoms with van der Waals surface area (Å²) in [7, 11) is 1.84. The molecule has 2 aromatic heterocycles. The number of fused-ring (bicyclic) bond motifs is 1. The Morgan fingerprint density at radius 2 is 1.50 bits per heavy atom. The molecule has 2 aromatic rings. The van der Waals surface area contributed by atoms with E-state index in [0.717, 1.165) is 36.7 Å². The first kappa shape index (κ1) is 34.4. The number of aliphatic carboxylic acids is 2. The van der Waals surface area contributed by atoms with Crippen molar-refractivity contribution in [3.63, 3.8) is 0 Å². The lowest BCUT2D eigenvalue weighted by Crippen LogP contribution is -2.21.